The van der Waals surface area contributed by atoms with E-state index < -0.39 is 0 Å². The van der Waals surface area contributed by atoms with Crippen LogP contribution in [0.15, 0.2) is 45.2 Å². The van der Waals surface area contributed by atoms with Gasteiger partial charge in [-0.2, -0.15) is 0 Å². The van der Waals surface area contributed by atoms with E-state index in [4.69, 9.17) is 10.2 Å². The van der Waals surface area contributed by atoms with Crippen molar-refractivity contribution in [2.24, 2.45) is 5.73 Å². The van der Waals surface area contributed by atoms with Crippen LogP contribution in [0.3, 0.4) is 0 Å². The zero-order valence-electron chi connectivity index (χ0n) is 8.43. The molecule has 15 heavy (non-hydrogen) atoms. The van der Waals surface area contributed by atoms with E-state index in [1.165, 1.54) is 22.9 Å². The highest BCUT2D eigenvalue weighted by Gasteiger charge is 2.03. The number of hydrogen-bond acceptors (Lipinski definition) is 4. The Bertz CT molecular complexity index is 440. The van der Waals surface area contributed by atoms with Gasteiger partial charge in [0.2, 0.25) is 0 Å². The average molecular weight is 220 g/mol. The molecule has 0 atom stereocenters. The number of hydrogen-bond donors (Lipinski definition) is 1. The van der Waals surface area contributed by atoms with Crippen LogP contribution in [0, 0.1) is 6.92 Å². The monoisotopic (exact) mass is 220 g/mol. The quantitative estimate of drug-likeness (QED) is 0.863. The fourth-order valence-electron chi connectivity index (χ4n) is 1.32. The van der Waals surface area contributed by atoms with Gasteiger partial charge in [0.05, 0.1) is 6.20 Å². The second-order valence-electron chi connectivity index (χ2n) is 3.19. The van der Waals surface area contributed by atoms with Crippen LogP contribution in [0.1, 0.15) is 11.1 Å². The van der Waals surface area contributed by atoms with Gasteiger partial charge in [-0.3, -0.25) is 0 Å². The number of nitrogens with two attached hydrogens (primary N) is 1. The van der Waals surface area contributed by atoms with Crippen LogP contribution in [0.25, 0.3) is 0 Å². The van der Waals surface area contributed by atoms with Gasteiger partial charge in [0.25, 0.3) is 5.22 Å². The molecule has 2 aromatic rings. The molecule has 0 bridgehead atoms. The van der Waals surface area contributed by atoms with Crippen LogP contribution in [-0.2, 0) is 6.54 Å². The third-order valence-electron chi connectivity index (χ3n) is 2.15. The molecule has 0 fully saturated rings. The summed E-state index contributed by atoms with van der Waals surface area (Å²) in [5.74, 6) is 0. The summed E-state index contributed by atoms with van der Waals surface area (Å²) in [4.78, 5) is 5.17. The highest BCUT2D eigenvalue weighted by molar-refractivity contribution is 7.99. The van der Waals surface area contributed by atoms with Crippen molar-refractivity contribution in [2.75, 3.05) is 0 Å². The van der Waals surface area contributed by atoms with Crippen LogP contribution >= 0.6 is 11.8 Å². The molecule has 0 amide bonds. The Hall–Kier alpha value is -1.26. The maximum atomic E-state index is 5.60. The molecular weight excluding hydrogens is 208 g/mol. The Balaban J connectivity index is 2.20. The molecule has 0 aliphatic carbocycles. The lowest BCUT2D eigenvalue weighted by Gasteiger charge is -2.04. The van der Waals surface area contributed by atoms with Crippen molar-refractivity contribution in [2.45, 2.75) is 23.6 Å². The minimum Gasteiger partial charge on any atom is -0.440 e. The molecule has 1 heterocycles. The fourth-order valence-corrected chi connectivity index (χ4v) is 2.11. The number of rotatable bonds is 3. The average Bonchev–Trinajstić information content (AvgIpc) is 2.71. The minimum atomic E-state index is 0.579. The first-order chi connectivity index (χ1) is 7.29. The summed E-state index contributed by atoms with van der Waals surface area (Å²) in [7, 11) is 0. The number of aryl methyl sites for hydroxylation is 1. The van der Waals surface area contributed by atoms with Gasteiger partial charge in [-0.05, 0) is 41.9 Å². The van der Waals surface area contributed by atoms with Gasteiger partial charge in [-0.15, -0.1) is 0 Å². The molecule has 78 valence electrons. The number of oxazole rings is 1. The van der Waals surface area contributed by atoms with Crippen molar-refractivity contribution in [1.82, 2.24) is 4.98 Å². The minimum absolute atomic E-state index is 0.579. The molecule has 1 aromatic carbocycles. The van der Waals surface area contributed by atoms with Crippen molar-refractivity contribution < 1.29 is 4.42 Å². The molecule has 0 spiro atoms. The predicted octanol–water partition coefficient (Wildman–Crippen LogP) is 2.59. The second kappa shape index (κ2) is 4.51. The predicted molar refractivity (Wildman–Crippen MR) is 59.7 cm³/mol. The molecular formula is C11H12N2OS. The van der Waals surface area contributed by atoms with E-state index in [9.17, 15) is 0 Å². The van der Waals surface area contributed by atoms with Crippen molar-refractivity contribution in [1.29, 1.82) is 0 Å². The smallest absolute Gasteiger partial charge is 0.260 e. The SMILES string of the molecule is Cc1cc(Sc2ncco2)ccc1CN. The maximum Gasteiger partial charge on any atom is 0.260 e. The molecule has 2 rings (SSSR count). The van der Waals surface area contributed by atoms with Gasteiger partial charge in [-0.25, -0.2) is 4.98 Å². The van der Waals surface area contributed by atoms with Crippen LogP contribution in [0.4, 0.5) is 0 Å². The Labute approximate surface area is 92.7 Å². The largest absolute Gasteiger partial charge is 0.440 e. The van der Waals surface area contributed by atoms with Crippen molar-refractivity contribution in [3.05, 3.63) is 41.8 Å². The summed E-state index contributed by atoms with van der Waals surface area (Å²) < 4.78 is 5.16. The molecule has 2 N–H and O–H groups in total. The highest BCUT2D eigenvalue weighted by Crippen LogP contribution is 2.27. The molecule has 0 saturated carbocycles. The molecule has 0 saturated heterocycles. The van der Waals surface area contributed by atoms with Gasteiger partial charge >= 0.3 is 0 Å². The molecule has 0 aliphatic rings. The van der Waals surface area contributed by atoms with E-state index >= 15 is 0 Å². The number of aromatic nitrogens is 1. The second-order valence-corrected chi connectivity index (χ2v) is 4.22. The van der Waals surface area contributed by atoms with Crippen LogP contribution < -0.4 is 5.73 Å². The van der Waals surface area contributed by atoms with Gasteiger partial charge in [0, 0.05) is 11.4 Å². The Morgan fingerprint density at radius 3 is 2.93 bits per heavy atom. The first kappa shape index (κ1) is 10.3. The van der Waals surface area contributed by atoms with Crippen LogP contribution in [0.5, 0.6) is 0 Å². The van der Waals surface area contributed by atoms with E-state index in [-0.39, 0.29) is 0 Å². The van der Waals surface area contributed by atoms with Gasteiger partial charge in [0.1, 0.15) is 6.26 Å². The first-order valence-electron chi connectivity index (χ1n) is 4.66. The fraction of sp³-hybridized carbons (Fsp3) is 0.182. The van der Waals surface area contributed by atoms with Crippen LogP contribution in [-0.4, -0.2) is 4.98 Å². The lowest BCUT2D eigenvalue weighted by Crippen LogP contribution is -1.98. The van der Waals surface area contributed by atoms with E-state index in [2.05, 4.69) is 18.0 Å². The summed E-state index contributed by atoms with van der Waals surface area (Å²) >= 11 is 1.51. The normalized spacial score (nSPS) is 10.5. The Morgan fingerprint density at radius 2 is 2.33 bits per heavy atom. The van der Waals surface area contributed by atoms with E-state index in [0.717, 1.165) is 4.90 Å². The standard InChI is InChI=1S/C11H12N2OS/c1-8-6-10(3-2-9(8)7-12)15-11-13-4-5-14-11/h2-6H,7,12H2,1H3. The van der Waals surface area contributed by atoms with E-state index in [1.54, 1.807) is 12.5 Å². The van der Waals surface area contributed by atoms with E-state index in [0.29, 0.717) is 11.8 Å². The summed E-state index contributed by atoms with van der Waals surface area (Å²) in [6, 6.07) is 6.17. The number of nitrogens with zero attached hydrogens (tertiary/aromatic N) is 1. The van der Waals surface area contributed by atoms with Crippen LogP contribution in [0.2, 0.25) is 0 Å². The molecule has 0 radical (unpaired) electrons. The zero-order chi connectivity index (χ0) is 10.7. The Kier molecular flexibility index (Phi) is 3.08. The molecule has 0 unspecified atom stereocenters. The van der Waals surface area contributed by atoms with Gasteiger partial charge in [0.15, 0.2) is 0 Å². The Morgan fingerprint density at radius 1 is 1.47 bits per heavy atom. The molecule has 1 aromatic heterocycles. The van der Waals surface area contributed by atoms with Crippen molar-refractivity contribution >= 4 is 11.8 Å². The zero-order valence-corrected chi connectivity index (χ0v) is 9.25. The number of benzene rings is 1. The lowest BCUT2D eigenvalue weighted by molar-refractivity contribution is 0.454. The summed E-state index contributed by atoms with van der Waals surface area (Å²) in [6.07, 6.45) is 3.22. The molecule has 0 aliphatic heterocycles. The van der Waals surface area contributed by atoms with Crippen molar-refractivity contribution in [3.8, 4) is 0 Å². The van der Waals surface area contributed by atoms with Gasteiger partial charge < -0.3 is 10.2 Å². The summed E-state index contributed by atoms with van der Waals surface area (Å²) in [6.45, 7) is 2.64. The maximum absolute atomic E-state index is 5.60. The molecule has 3 nitrogen and oxygen atoms in total. The summed E-state index contributed by atoms with van der Waals surface area (Å²) in [5.41, 5.74) is 7.97. The third-order valence-corrected chi connectivity index (χ3v) is 3.01. The molecule has 4 heteroatoms. The van der Waals surface area contributed by atoms with Gasteiger partial charge in [-0.1, -0.05) is 6.07 Å². The van der Waals surface area contributed by atoms with Crippen molar-refractivity contribution in [3.63, 3.8) is 0 Å². The lowest BCUT2D eigenvalue weighted by atomic mass is 10.1. The third kappa shape index (κ3) is 2.40. The topological polar surface area (TPSA) is 52.0 Å². The highest BCUT2D eigenvalue weighted by atomic mass is 32.2. The first-order valence-corrected chi connectivity index (χ1v) is 5.48. The summed E-state index contributed by atoms with van der Waals surface area (Å²) in [5, 5.41) is 0.662. The van der Waals surface area contributed by atoms with E-state index in [1.807, 2.05) is 12.1 Å².